The molecule has 0 aliphatic carbocycles. The van der Waals surface area contributed by atoms with Gasteiger partial charge in [-0.25, -0.2) is 0 Å². The molecule has 3 N–H and O–H groups in total. The molecule has 0 saturated carbocycles. The molecule has 0 radical (unpaired) electrons. The Labute approximate surface area is 179 Å². The first-order valence-corrected chi connectivity index (χ1v) is 9.93. The van der Waals surface area contributed by atoms with E-state index in [1.807, 2.05) is 18.2 Å². The van der Waals surface area contributed by atoms with E-state index in [1.54, 1.807) is 31.4 Å². The van der Waals surface area contributed by atoms with Crippen LogP contribution in [0.25, 0.3) is 10.9 Å². The Kier molecular flexibility index (Phi) is 5.88. The van der Waals surface area contributed by atoms with Crippen molar-refractivity contribution in [2.24, 2.45) is 0 Å². The quantitative estimate of drug-likeness (QED) is 0.567. The zero-order valence-electron chi connectivity index (χ0n) is 17.1. The number of methoxy groups -OCH3 is 1. The number of β-amino-alcohol motifs (C(OH)–C–C–N with tert-alkyl or cyclic N) is 1. The molecular weight excluding hydrogens is 400 g/mol. The number of amides is 2. The maximum Gasteiger partial charge on any atom is 0.270 e. The van der Waals surface area contributed by atoms with Crippen molar-refractivity contribution in [2.75, 3.05) is 40.0 Å². The van der Waals surface area contributed by atoms with Crippen molar-refractivity contribution < 1.29 is 24.2 Å². The van der Waals surface area contributed by atoms with E-state index in [0.29, 0.717) is 18.0 Å². The summed E-state index contributed by atoms with van der Waals surface area (Å²) in [6.45, 7) is 0.566. The predicted molar refractivity (Wildman–Crippen MR) is 113 cm³/mol. The van der Waals surface area contributed by atoms with Gasteiger partial charge in [-0.1, -0.05) is 6.07 Å². The van der Waals surface area contributed by atoms with Gasteiger partial charge in [-0.2, -0.15) is 0 Å². The number of H-pyrrole nitrogens is 1. The lowest BCUT2D eigenvalue weighted by Crippen LogP contribution is -2.53. The molecule has 9 heteroatoms. The molecule has 2 amide bonds. The lowest BCUT2D eigenvalue weighted by Gasteiger charge is -2.30. The highest BCUT2D eigenvalue weighted by atomic mass is 16.5. The number of carbonyl (C=O) groups is 2. The summed E-state index contributed by atoms with van der Waals surface area (Å²) in [6.07, 6.45) is 1.52. The van der Waals surface area contributed by atoms with Crippen LogP contribution in [0.15, 0.2) is 48.7 Å². The van der Waals surface area contributed by atoms with Crippen molar-refractivity contribution >= 4 is 22.7 Å². The number of nitrogens with zero attached hydrogens (tertiary/aromatic N) is 2. The van der Waals surface area contributed by atoms with E-state index in [4.69, 9.17) is 9.47 Å². The molecule has 1 saturated heterocycles. The molecular formula is C22H24N4O5. The molecule has 2 aromatic heterocycles. The van der Waals surface area contributed by atoms with E-state index in [-0.39, 0.29) is 37.9 Å². The fraction of sp³-hybridized carbons (Fsp3) is 0.318. The van der Waals surface area contributed by atoms with Crippen molar-refractivity contribution in [1.29, 1.82) is 0 Å². The minimum Gasteiger partial charge on any atom is -0.497 e. The normalized spacial score (nSPS) is 19.1. The number of rotatable bonds is 5. The largest absolute Gasteiger partial charge is 0.497 e. The molecule has 3 heterocycles. The van der Waals surface area contributed by atoms with Gasteiger partial charge in [-0.15, -0.1) is 0 Å². The van der Waals surface area contributed by atoms with Crippen LogP contribution in [0.2, 0.25) is 0 Å². The molecule has 1 unspecified atom stereocenters. The molecule has 1 atom stereocenters. The predicted octanol–water partition coefficient (Wildman–Crippen LogP) is 1.20. The average Bonchev–Trinajstić information content (AvgIpc) is 3.12. The van der Waals surface area contributed by atoms with E-state index in [9.17, 15) is 14.7 Å². The Morgan fingerprint density at radius 2 is 2.19 bits per heavy atom. The molecule has 4 rings (SSSR count). The van der Waals surface area contributed by atoms with Crippen LogP contribution in [0.5, 0.6) is 5.75 Å². The monoisotopic (exact) mass is 424 g/mol. The summed E-state index contributed by atoms with van der Waals surface area (Å²) in [5.74, 6) is 0.0440. The van der Waals surface area contributed by atoms with Crippen LogP contribution < -0.4 is 10.1 Å². The van der Waals surface area contributed by atoms with Gasteiger partial charge in [-0.05, 0) is 36.4 Å². The van der Waals surface area contributed by atoms with Crippen molar-refractivity contribution in [2.45, 2.75) is 5.60 Å². The number of nitrogens with one attached hydrogen (secondary N) is 2. The lowest BCUT2D eigenvalue weighted by molar-refractivity contribution is -0.0324. The first-order chi connectivity index (χ1) is 15.0. The van der Waals surface area contributed by atoms with Gasteiger partial charge in [0.05, 0.1) is 33.4 Å². The van der Waals surface area contributed by atoms with Crippen molar-refractivity contribution in [3.63, 3.8) is 0 Å². The van der Waals surface area contributed by atoms with Crippen molar-refractivity contribution in [3.8, 4) is 5.75 Å². The van der Waals surface area contributed by atoms with Crippen LogP contribution in [0.1, 0.15) is 21.0 Å². The van der Waals surface area contributed by atoms with E-state index in [0.717, 1.165) is 10.9 Å². The number of carbonyl (C=O) groups excluding carboxylic acids is 2. The molecule has 1 aliphatic heterocycles. The first-order valence-electron chi connectivity index (χ1n) is 9.93. The van der Waals surface area contributed by atoms with Gasteiger partial charge in [0.15, 0.2) is 0 Å². The Hall–Kier alpha value is -3.43. The summed E-state index contributed by atoms with van der Waals surface area (Å²) in [6, 6.07) is 12.3. The molecule has 1 fully saturated rings. The van der Waals surface area contributed by atoms with E-state index in [1.165, 1.54) is 11.1 Å². The highest BCUT2D eigenvalue weighted by Crippen LogP contribution is 2.23. The molecule has 1 aromatic carbocycles. The highest BCUT2D eigenvalue weighted by Gasteiger charge is 2.35. The van der Waals surface area contributed by atoms with E-state index >= 15 is 0 Å². The third kappa shape index (κ3) is 4.68. The van der Waals surface area contributed by atoms with Crippen LogP contribution in [-0.2, 0) is 4.74 Å². The van der Waals surface area contributed by atoms with Gasteiger partial charge < -0.3 is 29.8 Å². The molecule has 0 spiro atoms. The second-order valence-corrected chi connectivity index (χ2v) is 7.54. The fourth-order valence-electron chi connectivity index (χ4n) is 3.55. The maximum absolute atomic E-state index is 13.1. The van der Waals surface area contributed by atoms with Crippen LogP contribution in [-0.4, -0.2) is 77.3 Å². The zero-order valence-corrected chi connectivity index (χ0v) is 17.1. The average molecular weight is 424 g/mol. The third-order valence-electron chi connectivity index (χ3n) is 5.18. The number of hydrogen-bond acceptors (Lipinski definition) is 6. The maximum atomic E-state index is 13.1. The van der Waals surface area contributed by atoms with Crippen LogP contribution in [0.4, 0.5) is 0 Å². The number of benzene rings is 1. The van der Waals surface area contributed by atoms with Gasteiger partial charge in [0.1, 0.15) is 22.7 Å². The number of aromatic nitrogens is 2. The molecule has 9 nitrogen and oxygen atoms in total. The van der Waals surface area contributed by atoms with E-state index < -0.39 is 11.5 Å². The number of fused-ring (bicyclic) bond motifs is 1. The van der Waals surface area contributed by atoms with Crippen molar-refractivity contribution in [1.82, 2.24) is 20.2 Å². The van der Waals surface area contributed by atoms with Crippen molar-refractivity contribution in [3.05, 3.63) is 60.0 Å². The second-order valence-electron chi connectivity index (χ2n) is 7.54. The molecule has 3 aromatic rings. The third-order valence-corrected chi connectivity index (χ3v) is 5.18. The minimum atomic E-state index is -1.42. The summed E-state index contributed by atoms with van der Waals surface area (Å²) in [5, 5.41) is 14.6. The van der Waals surface area contributed by atoms with Crippen LogP contribution >= 0.6 is 0 Å². The first kappa shape index (κ1) is 20.8. The SMILES string of the molecule is COc1ccc2[nH]c(C(=O)N3CCOCC(O)(CNC(=O)c4ccccn4)C3)cc2c1. The van der Waals surface area contributed by atoms with Gasteiger partial charge in [0.2, 0.25) is 0 Å². The minimum absolute atomic E-state index is 0.00315. The Balaban J connectivity index is 1.47. The number of aromatic amines is 1. The number of aliphatic hydroxyl groups is 1. The zero-order chi connectivity index (χ0) is 21.8. The Bertz CT molecular complexity index is 1080. The molecule has 162 valence electrons. The summed E-state index contributed by atoms with van der Waals surface area (Å²) < 4.78 is 10.7. The summed E-state index contributed by atoms with van der Waals surface area (Å²) >= 11 is 0. The Morgan fingerprint density at radius 1 is 1.32 bits per heavy atom. The van der Waals surface area contributed by atoms with Gasteiger partial charge >= 0.3 is 0 Å². The summed E-state index contributed by atoms with van der Waals surface area (Å²) in [4.78, 5) is 34.0. The van der Waals surface area contributed by atoms with Gasteiger partial charge in [-0.3, -0.25) is 14.6 Å². The van der Waals surface area contributed by atoms with Gasteiger partial charge in [0, 0.05) is 23.6 Å². The topological polar surface area (TPSA) is 117 Å². The van der Waals surface area contributed by atoms with Crippen LogP contribution in [0.3, 0.4) is 0 Å². The molecule has 31 heavy (non-hydrogen) atoms. The molecule has 0 bridgehead atoms. The summed E-state index contributed by atoms with van der Waals surface area (Å²) in [7, 11) is 1.59. The number of ether oxygens (including phenoxy) is 2. The fourth-order valence-corrected chi connectivity index (χ4v) is 3.55. The van der Waals surface area contributed by atoms with Crippen LogP contribution in [0, 0.1) is 0 Å². The number of pyridine rings is 1. The second kappa shape index (κ2) is 8.75. The summed E-state index contributed by atoms with van der Waals surface area (Å²) in [5.41, 5.74) is 0.0476. The highest BCUT2D eigenvalue weighted by molar-refractivity contribution is 5.98. The van der Waals surface area contributed by atoms with E-state index in [2.05, 4.69) is 15.3 Å². The van der Waals surface area contributed by atoms with Gasteiger partial charge in [0.25, 0.3) is 11.8 Å². The standard InChI is InChI=1S/C22H24N4O5/c1-30-16-5-6-17-15(10-16)11-19(25-17)21(28)26-8-9-31-14-22(29,13-26)12-24-20(27)18-4-2-3-7-23-18/h2-7,10-11,25,29H,8-9,12-14H2,1H3,(H,24,27). The molecule has 1 aliphatic rings. The Morgan fingerprint density at radius 3 is 2.97 bits per heavy atom. The number of hydrogen-bond donors (Lipinski definition) is 3. The lowest BCUT2D eigenvalue weighted by atomic mass is 10.0. The smallest absolute Gasteiger partial charge is 0.270 e.